The van der Waals surface area contributed by atoms with E-state index in [0.29, 0.717) is 36.5 Å². The maximum Gasteiger partial charge on any atom is 0.259 e. The predicted octanol–water partition coefficient (Wildman–Crippen LogP) is 2.81. The van der Waals surface area contributed by atoms with E-state index in [2.05, 4.69) is 14.8 Å². The van der Waals surface area contributed by atoms with E-state index in [0.717, 1.165) is 5.69 Å². The lowest BCUT2D eigenvalue weighted by molar-refractivity contribution is 0.157. The van der Waals surface area contributed by atoms with Crippen LogP contribution < -0.4 is 4.72 Å². The first kappa shape index (κ1) is 26.8. The van der Waals surface area contributed by atoms with Crippen LogP contribution in [-0.4, -0.2) is 63.0 Å². The lowest BCUT2D eigenvalue weighted by atomic mass is 9.92. The molecule has 0 saturated carbocycles. The fourth-order valence-electron chi connectivity index (χ4n) is 3.41. The molecule has 182 valence electrons. The molecule has 0 aliphatic carbocycles. The van der Waals surface area contributed by atoms with Crippen LogP contribution in [0.15, 0.2) is 28.2 Å². The number of halogens is 1. The van der Waals surface area contributed by atoms with Crippen LogP contribution in [0.1, 0.15) is 49.4 Å². The van der Waals surface area contributed by atoms with Gasteiger partial charge in [0, 0.05) is 39.9 Å². The van der Waals surface area contributed by atoms with Crippen LogP contribution in [0.3, 0.4) is 0 Å². The van der Waals surface area contributed by atoms with Crippen molar-refractivity contribution in [2.45, 2.75) is 44.2 Å². The number of aliphatic imine (C=N–C) groups is 1. The van der Waals surface area contributed by atoms with Crippen molar-refractivity contribution in [3.63, 3.8) is 0 Å². The standard InChI is InChI=1S/C22H32FN5O4S/c1-15(2)19-9-17(23)10-20(22(19)24-14-29)16(3)12-25-33(30,31)21-11-18(28(5)26-21)13-27(4)7-8-32-6/h9-11,15-16,25H,7-8,12-13H2,1-6H3. The fraction of sp³-hybridized carbons (Fsp3) is 0.545. The molecule has 0 aliphatic heterocycles. The number of hydrogen-bond acceptors (Lipinski definition) is 7. The van der Waals surface area contributed by atoms with E-state index in [1.165, 1.54) is 29.0 Å². The van der Waals surface area contributed by atoms with Gasteiger partial charge in [-0.05, 0) is 42.1 Å². The third-order valence-corrected chi connectivity index (χ3v) is 6.66. The van der Waals surface area contributed by atoms with E-state index in [1.54, 1.807) is 21.1 Å². The monoisotopic (exact) mass is 481 g/mol. The maximum atomic E-state index is 14.2. The molecule has 0 fully saturated rings. The van der Waals surface area contributed by atoms with E-state index in [9.17, 15) is 17.6 Å². The van der Waals surface area contributed by atoms with Gasteiger partial charge >= 0.3 is 0 Å². The number of methoxy groups -OCH3 is 1. The normalized spacial score (nSPS) is 12.9. The van der Waals surface area contributed by atoms with Crippen LogP contribution in [0.4, 0.5) is 10.1 Å². The molecule has 0 saturated heterocycles. The van der Waals surface area contributed by atoms with Crippen molar-refractivity contribution in [3.8, 4) is 0 Å². The summed E-state index contributed by atoms with van der Waals surface area (Å²) < 4.78 is 49.1. The number of carbonyl (C=O) groups excluding carboxylic acids is 1. The van der Waals surface area contributed by atoms with Gasteiger partial charge in [0.15, 0.2) is 5.03 Å². The number of aromatic nitrogens is 2. The molecule has 2 rings (SSSR count). The summed E-state index contributed by atoms with van der Waals surface area (Å²) in [5.74, 6) is -1.01. The van der Waals surface area contributed by atoms with Gasteiger partial charge in [0.25, 0.3) is 10.0 Å². The van der Waals surface area contributed by atoms with Gasteiger partial charge in [0.1, 0.15) is 5.82 Å². The largest absolute Gasteiger partial charge is 0.383 e. The molecular weight excluding hydrogens is 449 g/mol. The summed E-state index contributed by atoms with van der Waals surface area (Å²) in [6.07, 6.45) is 1.52. The summed E-state index contributed by atoms with van der Waals surface area (Å²) >= 11 is 0. The van der Waals surface area contributed by atoms with Crippen molar-refractivity contribution in [3.05, 3.63) is 40.8 Å². The van der Waals surface area contributed by atoms with E-state index >= 15 is 0 Å². The molecular formula is C22H32FN5O4S. The molecule has 1 unspecified atom stereocenters. The van der Waals surface area contributed by atoms with Crippen molar-refractivity contribution in [1.29, 1.82) is 0 Å². The number of nitrogens with zero attached hydrogens (tertiary/aromatic N) is 4. The Morgan fingerprint density at radius 2 is 1.94 bits per heavy atom. The Hall–Kier alpha value is -2.43. The smallest absolute Gasteiger partial charge is 0.259 e. The second-order valence-corrected chi connectivity index (χ2v) is 10.1. The molecule has 0 amide bonds. The van der Waals surface area contributed by atoms with Crippen LogP contribution in [0.5, 0.6) is 0 Å². The molecule has 33 heavy (non-hydrogen) atoms. The molecule has 11 heteroatoms. The number of rotatable bonds is 12. The van der Waals surface area contributed by atoms with Crippen LogP contribution in [0.2, 0.25) is 0 Å². The first-order valence-corrected chi connectivity index (χ1v) is 12.1. The molecule has 1 aromatic carbocycles. The van der Waals surface area contributed by atoms with Crippen molar-refractivity contribution in [2.24, 2.45) is 12.0 Å². The summed E-state index contributed by atoms with van der Waals surface area (Å²) in [6, 6.07) is 4.13. The van der Waals surface area contributed by atoms with Gasteiger partial charge in [-0.2, -0.15) is 10.1 Å². The van der Waals surface area contributed by atoms with E-state index in [4.69, 9.17) is 4.74 Å². The van der Waals surface area contributed by atoms with Crippen molar-refractivity contribution < 1.29 is 22.3 Å². The highest BCUT2D eigenvalue weighted by Gasteiger charge is 2.23. The second kappa shape index (κ2) is 11.6. The Morgan fingerprint density at radius 3 is 2.55 bits per heavy atom. The first-order chi connectivity index (χ1) is 15.5. The van der Waals surface area contributed by atoms with Crippen molar-refractivity contribution in [2.75, 3.05) is 33.9 Å². The number of hydrogen-bond donors (Lipinski definition) is 1. The van der Waals surface area contributed by atoms with Gasteiger partial charge in [-0.3, -0.25) is 9.58 Å². The zero-order valence-electron chi connectivity index (χ0n) is 19.9. The molecule has 0 aliphatic rings. The zero-order valence-corrected chi connectivity index (χ0v) is 20.7. The van der Waals surface area contributed by atoms with Gasteiger partial charge in [-0.25, -0.2) is 22.3 Å². The Bertz CT molecular complexity index is 1110. The molecule has 2 aromatic rings. The number of isocyanates is 1. The van der Waals surface area contributed by atoms with Crippen LogP contribution in [0.25, 0.3) is 0 Å². The van der Waals surface area contributed by atoms with E-state index in [1.807, 2.05) is 25.8 Å². The topological polar surface area (TPSA) is 106 Å². The SMILES string of the molecule is COCCN(C)Cc1cc(S(=O)(=O)NCC(C)c2cc(F)cc(C(C)C)c2N=C=O)nn1C. The molecule has 0 radical (unpaired) electrons. The summed E-state index contributed by atoms with van der Waals surface area (Å²) in [5, 5.41) is 4.05. The molecule has 1 heterocycles. The van der Waals surface area contributed by atoms with Gasteiger partial charge in [-0.15, -0.1) is 0 Å². The van der Waals surface area contributed by atoms with Crippen molar-refractivity contribution >= 4 is 21.8 Å². The average molecular weight is 482 g/mol. The van der Waals surface area contributed by atoms with Crippen LogP contribution in [-0.2, 0) is 33.1 Å². The van der Waals surface area contributed by atoms with E-state index in [-0.39, 0.29) is 17.5 Å². The maximum absolute atomic E-state index is 14.2. The summed E-state index contributed by atoms with van der Waals surface area (Å²) in [7, 11) is 1.31. The lowest BCUT2D eigenvalue weighted by Crippen LogP contribution is -2.28. The van der Waals surface area contributed by atoms with Gasteiger partial charge in [-0.1, -0.05) is 20.8 Å². The zero-order chi connectivity index (χ0) is 24.8. The molecule has 0 bridgehead atoms. The first-order valence-electron chi connectivity index (χ1n) is 10.6. The third kappa shape index (κ3) is 7.02. The highest BCUT2D eigenvalue weighted by atomic mass is 32.2. The minimum absolute atomic E-state index is 0.0235. The summed E-state index contributed by atoms with van der Waals surface area (Å²) in [4.78, 5) is 16.7. The second-order valence-electron chi connectivity index (χ2n) is 8.37. The summed E-state index contributed by atoms with van der Waals surface area (Å²) in [6.45, 7) is 7.20. The Kier molecular flexibility index (Phi) is 9.45. The highest BCUT2D eigenvalue weighted by molar-refractivity contribution is 7.89. The Labute approximate surface area is 194 Å². The molecule has 1 aromatic heterocycles. The Balaban J connectivity index is 2.21. The minimum Gasteiger partial charge on any atom is -0.383 e. The van der Waals surface area contributed by atoms with Crippen LogP contribution >= 0.6 is 0 Å². The van der Waals surface area contributed by atoms with E-state index < -0.39 is 21.8 Å². The number of likely N-dealkylation sites (N-methyl/N-ethyl adjacent to an activating group) is 1. The molecule has 0 spiro atoms. The third-order valence-electron chi connectivity index (χ3n) is 5.36. The Morgan fingerprint density at radius 1 is 1.27 bits per heavy atom. The van der Waals surface area contributed by atoms with Crippen molar-refractivity contribution in [1.82, 2.24) is 19.4 Å². The minimum atomic E-state index is -3.91. The number of aryl methyl sites for hydroxylation is 1. The van der Waals surface area contributed by atoms with Gasteiger partial charge < -0.3 is 4.74 Å². The number of sulfonamides is 1. The number of ether oxygens (including phenoxy) is 1. The molecule has 1 N–H and O–H groups in total. The lowest BCUT2D eigenvalue weighted by Gasteiger charge is -2.18. The van der Waals surface area contributed by atoms with Gasteiger partial charge in [0.05, 0.1) is 18.0 Å². The molecule has 1 atom stereocenters. The van der Waals surface area contributed by atoms with Gasteiger partial charge in [0.2, 0.25) is 6.08 Å². The number of benzene rings is 1. The quantitative estimate of drug-likeness (QED) is 0.369. The van der Waals surface area contributed by atoms with Crippen LogP contribution in [0, 0.1) is 5.82 Å². The average Bonchev–Trinajstić information content (AvgIpc) is 3.12. The fourth-order valence-corrected chi connectivity index (χ4v) is 4.55. The molecule has 9 nitrogen and oxygen atoms in total. The highest BCUT2D eigenvalue weighted by Crippen LogP contribution is 2.35. The predicted molar refractivity (Wildman–Crippen MR) is 123 cm³/mol. The summed E-state index contributed by atoms with van der Waals surface area (Å²) in [5.41, 5.74) is 2.06. The number of nitrogens with one attached hydrogen (secondary N) is 1.